The van der Waals surface area contributed by atoms with E-state index in [-0.39, 0.29) is 0 Å². The summed E-state index contributed by atoms with van der Waals surface area (Å²) in [5.74, 6) is 1.13. The number of nitrogens with two attached hydrogens (primary N) is 1. The summed E-state index contributed by atoms with van der Waals surface area (Å²) in [6, 6.07) is 8.15. The highest BCUT2D eigenvalue weighted by Gasteiger charge is 2.17. The van der Waals surface area contributed by atoms with E-state index < -0.39 is 0 Å². The second kappa shape index (κ2) is 7.59. The Bertz CT molecular complexity index is 609. The van der Waals surface area contributed by atoms with Crippen molar-refractivity contribution in [3.63, 3.8) is 0 Å². The normalized spacial score (nSPS) is 14.4. The van der Waals surface area contributed by atoms with E-state index >= 15 is 0 Å². The van der Waals surface area contributed by atoms with Crippen LogP contribution in [0.15, 0.2) is 30.5 Å². The standard InChI is InChI=1S/C19H29N3/c1-5-11-22(4)12-9-14(2)15(3)17-8-10-21-19-7-6-16(20)13-18(17)19/h6-8,10,13-15H,5,9,11-12,20H2,1-4H3. The number of fused-ring (bicyclic) bond motifs is 1. The number of hydrogen-bond acceptors (Lipinski definition) is 3. The first-order chi connectivity index (χ1) is 10.5. The maximum Gasteiger partial charge on any atom is 0.0706 e. The third-order valence-corrected chi connectivity index (χ3v) is 4.71. The molecule has 3 heteroatoms. The maximum absolute atomic E-state index is 5.97. The molecule has 2 atom stereocenters. The van der Waals surface area contributed by atoms with Gasteiger partial charge >= 0.3 is 0 Å². The number of benzene rings is 1. The lowest BCUT2D eigenvalue weighted by molar-refractivity contribution is 0.295. The molecule has 0 aliphatic heterocycles. The number of pyridine rings is 1. The van der Waals surface area contributed by atoms with Crippen molar-refractivity contribution in [1.29, 1.82) is 0 Å². The molecule has 0 saturated heterocycles. The van der Waals surface area contributed by atoms with E-state index in [1.54, 1.807) is 0 Å². The molecule has 2 aromatic rings. The van der Waals surface area contributed by atoms with Crippen molar-refractivity contribution in [2.75, 3.05) is 25.9 Å². The van der Waals surface area contributed by atoms with Gasteiger partial charge in [0.1, 0.15) is 0 Å². The first kappa shape index (κ1) is 16.8. The summed E-state index contributed by atoms with van der Waals surface area (Å²) in [4.78, 5) is 6.88. The molecule has 1 aromatic heterocycles. The highest BCUT2D eigenvalue weighted by molar-refractivity contribution is 5.85. The molecule has 0 saturated carbocycles. The molecular formula is C19H29N3. The molecule has 0 bridgehead atoms. The molecular weight excluding hydrogens is 270 g/mol. The van der Waals surface area contributed by atoms with E-state index in [0.29, 0.717) is 11.8 Å². The van der Waals surface area contributed by atoms with Crippen LogP contribution >= 0.6 is 0 Å². The fourth-order valence-electron chi connectivity index (χ4n) is 3.06. The van der Waals surface area contributed by atoms with Crippen LogP contribution in [0.1, 0.15) is 45.1 Å². The van der Waals surface area contributed by atoms with E-state index in [0.717, 1.165) is 17.7 Å². The van der Waals surface area contributed by atoms with Crippen LogP contribution in [0, 0.1) is 5.92 Å². The predicted molar refractivity (Wildman–Crippen MR) is 96.1 cm³/mol. The molecule has 2 unspecified atom stereocenters. The molecule has 1 heterocycles. The van der Waals surface area contributed by atoms with Crippen molar-refractivity contribution in [3.8, 4) is 0 Å². The molecule has 0 aliphatic carbocycles. The minimum atomic E-state index is 0.502. The summed E-state index contributed by atoms with van der Waals surface area (Å²) in [5, 5.41) is 1.20. The number of nitrogens with zero attached hydrogens (tertiary/aromatic N) is 2. The summed E-state index contributed by atoms with van der Waals surface area (Å²) >= 11 is 0. The van der Waals surface area contributed by atoms with Gasteiger partial charge in [0.2, 0.25) is 0 Å². The van der Waals surface area contributed by atoms with Crippen molar-refractivity contribution in [3.05, 3.63) is 36.0 Å². The van der Waals surface area contributed by atoms with E-state index in [1.165, 1.54) is 30.3 Å². The van der Waals surface area contributed by atoms with Gasteiger partial charge in [-0.3, -0.25) is 4.98 Å². The van der Waals surface area contributed by atoms with Gasteiger partial charge in [-0.25, -0.2) is 0 Å². The molecule has 3 nitrogen and oxygen atoms in total. The fourth-order valence-corrected chi connectivity index (χ4v) is 3.06. The van der Waals surface area contributed by atoms with Gasteiger partial charge in [-0.05, 0) is 74.6 Å². The summed E-state index contributed by atoms with van der Waals surface area (Å²) in [5.41, 5.74) is 9.18. The van der Waals surface area contributed by atoms with E-state index in [9.17, 15) is 0 Å². The zero-order valence-electron chi connectivity index (χ0n) is 14.3. The smallest absolute Gasteiger partial charge is 0.0706 e. The van der Waals surface area contributed by atoms with Crippen LogP contribution < -0.4 is 5.73 Å². The van der Waals surface area contributed by atoms with Crippen LogP contribution in [0.5, 0.6) is 0 Å². The van der Waals surface area contributed by atoms with Crippen molar-refractivity contribution in [2.24, 2.45) is 5.92 Å². The van der Waals surface area contributed by atoms with Crippen LogP contribution in [0.4, 0.5) is 5.69 Å². The summed E-state index contributed by atoms with van der Waals surface area (Å²) in [6.07, 6.45) is 4.35. The Morgan fingerprint density at radius 2 is 1.95 bits per heavy atom. The van der Waals surface area contributed by atoms with Gasteiger partial charge in [0, 0.05) is 17.3 Å². The van der Waals surface area contributed by atoms with Crippen LogP contribution in [-0.2, 0) is 0 Å². The zero-order chi connectivity index (χ0) is 16.1. The van der Waals surface area contributed by atoms with Crippen LogP contribution in [-0.4, -0.2) is 30.0 Å². The van der Waals surface area contributed by atoms with E-state index in [4.69, 9.17) is 5.73 Å². The second-order valence-corrected chi connectivity index (χ2v) is 6.53. The quantitative estimate of drug-likeness (QED) is 0.776. The fraction of sp³-hybridized carbons (Fsp3) is 0.526. The van der Waals surface area contributed by atoms with Gasteiger partial charge in [-0.2, -0.15) is 0 Å². The lowest BCUT2D eigenvalue weighted by Crippen LogP contribution is -2.23. The Hall–Kier alpha value is -1.61. The van der Waals surface area contributed by atoms with Gasteiger partial charge < -0.3 is 10.6 Å². The van der Waals surface area contributed by atoms with Gasteiger partial charge in [0.15, 0.2) is 0 Å². The van der Waals surface area contributed by atoms with Crippen LogP contribution in [0.25, 0.3) is 10.9 Å². The number of rotatable bonds is 7. The van der Waals surface area contributed by atoms with Gasteiger partial charge in [-0.15, -0.1) is 0 Å². The minimum Gasteiger partial charge on any atom is -0.399 e. The molecule has 2 N–H and O–H groups in total. The summed E-state index contributed by atoms with van der Waals surface area (Å²) < 4.78 is 0. The minimum absolute atomic E-state index is 0.502. The third kappa shape index (κ3) is 3.98. The lowest BCUT2D eigenvalue weighted by atomic mass is 9.85. The monoisotopic (exact) mass is 299 g/mol. The van der Waals surface area contributed by atoms with Crippen molar-refractivity contribution >= 4 is 16.6 Å². The summed E-state index contributed by atoms with van der Waals surface area (Å²) in [7, 11) is 2.21. The summed E-state index contributed by atoms with van der Waals surface area (Å²) in [6.45, 7) is 9.24. The number of nitrogen functional groups attached to an aromatic ring is 1. The van der Waals surface area contributed by atoms with Crippen LogP contribution in [0.2, 0.25) is 0 Å². The highest BCUT2D eigenvalue weighted by Crippen LogP contribution is 2.32. The van der Waals surface area contributed by atoms with Gasteiger partial charge in [0.05, 0.1) is 5.52 Å². The van der Waals surface area contributed by atoms with E-state index in [2.05, 4.69) is 49.8 Å². The molecule has 0 spiro atoms. The molecule has 120 valence electrons. The Morgan fingerprint density at radius 3 is 2.68 bits per heavy atom. The molecule has 2 rings (SSSR count). The molecule has 0 radical (unpaired) electrons. The number of anilines is 1. The van der Waals surface area contributed by atoms with Crippen LogP contribution in [0.3, 0.4) is 0 Å². The third-order valence-electron chi connectivity index (χ3n) is 4.71. The molecule has 0 amide bonds. The van der Waals surface area contributed by atoms with Gasteiger partial charge in [-0.1, -0.05) is 20.8 Å². The first-order valence-corrected chi connectivity index (χ1v) is 8.35. The maximum atomic E-state index is 5.97. The Labute approximate surface area is 134 Å². The Balaban J connectivity index is 2.15. The highest BCUT2D eigenvalue weighted by atomic mass is 15.1. The molecule has 0 fully saturated rings. The van der Waals surface area contributed by atoms with Crippen molar-refractivity contribution in [1.82, 2.24) is 9.88 Å². The number of aromatic nitrogens is 1. The average Bonchev–Trinajstić information content (AvgIpc) is 2.51. The lowest BCUT2D eigenvalue weighted by Gasteiger charge is -2.24. The molecule has 0 aliphatic rings. The van der Waals surface area contributed by atoms with Gasteiger partial charge in [0.25, 0.3) is 0 Å². The molecule has 22 heavy (non-hydrogen) atoms. The predicted octanol–water partition coefficient (Wildman–Crippen LogP) is 4.29. The number of hydrogen-bond donors (Lipinski definition) is 1. The Kier molecular flexibility index (Phi) is 5.78. The largest absolute Gasteiger partial charge is 0.399 e. The second-order valence-electron chi connectivity index (χ2n) is 6.53. The SMILES string of the molecule is CCCN(C)CCC(C)C(C)c1ccnc2ccc(N)cc12. The first-order valence-electron chi connectivity index (χ1n) is 8.35. The Morgan fingerprint density at radius 1 is 1.18 bits per heavy atom. The van der Waals surface area contributed by atoms with Crippen molar-refractivity contribution in [2.45, 2.75) is 39.5 Å². The van der Waals surface area contributed by atoms with E-state index in [1.807, 2.05) is 18.3 Å². The van der Waals surface area contributed by atoms with Crippen molar-refractivity contribution < 1.29 is 0 Å². The molecule has 1 aromatic carbocycles. The topological polar surface area (TPSA) is 42.2 Å². The zero-order valence-corrected chi connectivity index (χ0v) is 14.3. The average molecular weight is 299 g/mol.